The van der Waals surface area contributed by atoms with Gasteiger partial charge >= 0.3 is 0 Å². The number of nitrogens with one attached hydrogen (secondary N) is 2. The number of benzene rings is 1. The van der Waals surface area contributed by atoms with E-state index in [4.69, 9.17) is 5.73 Å². The summed E-state index contributed by atoms with van der Waals surface area (Å²) in [5, 5.41) is 5.78. The summed E-state index contributed by atoms with van der Waals surface area (Å²) in [6.45, 7) is 5.58. The number of primary amides is 1. The van der Waals surface area contributed by atoms with E-state index in [0.29, 0.717) is 0 Å². The minimum absolute atomic E-state index is 0.146. The molecule has 0 radical (unpaired) electrons. The van der Waals surface area contributed by atoms with Crippen molar-refractivity contribution in [3.63, 3.8) is 0 Å². The zero-order valence-corrected chi connectivity index (χ0v) is 10.7. The van der Waals surface area contributed by atoms with Gasteiger partial charge in [-0.25, -0.2) is 0 Å². The normalized spacial score (nSPS) is 19.3. The number of carbonyl (C=O) groups is 2. The SMILES string of the molecule is Cc1cc(C)c2c(c1)NC(=O)C2NC(C)C(N)=O. The highest BCUT2D eigenvalue weighted by Gasteiger charge is 2.33. The second-order valence-electron chi connectivity index (χ2n) is 4.76. The van der Waals surface area contributed by atoms with Crippen molar-refractivity contribution < 1.29 is 9.59 Å². The van der Waals surface area contributed by atoms with Crippen LogP contribution in [0.15, 0.2) is 12.1 Å². The Bertz CT molecular complexity index is 525. The van der Waals surface area contributed by atoms with Gasteiger partial charge < -0.3 is 11.1 Å². The van der Waals surface area contributed by atoms with Gasteiger partial charge in [0.25, 0.3) is 0 Å². The summed E-state index contributed by atoms with van der Waals surface area (Å²) in [6.07, 6.45) is 0. The van der Waals surface area contributed by atoms with E-state index >= 15 is 0 Å². The molecule has 2 unspecified atom stereocenters. The smallest absolute Gasteiger partial charge is 0.246 e. The number of aryl methyl sites for hydroxylation is 2. The van der Waals surface area contributed by atoms with E-state index in [9.17, 15) is 9.59 Å². The molecule has 0 saturated heterocycles. The second-order valence-corrected chi connectivity index (χ2v) is 4.76. The average Bonchev–Trinajstić information content (AvgIpc) is 2.54. The van der Waals surface area contributed by atoms with Gasteiger partial charge in [-0.3, -0.25) is 14.9 Å². The summed E-state index contributed by atoms with van der Waals surface area (Å²) in [5.74, 6) is -0.618. The van der Waals surface area contributed by atoms with Crippen molar-refractivity contribution in [1.82, 2.24) is 5.32 Å². The van der Waals surface area contributed by atoms with Crippen LogP contribution in [0.4, 0.5) is 5.69 Å². The van der Waals surface area contributed by atoms with Gasteiger partial charge in [0.1, 0.15) is 6.04 Å². The molecule has 18 heavy (non-hydrogen) atoms. The first-order valence-corrected chi connectivity index (χ1v) is 5.87. The first-order chi connectivity index (χ1) is 8.40. The van der Waals surface area contributed by atoms with Crippen LogP contribution in [0.3, 0.4) is 0 Å². The van der Waals surface area contributed by atoms with Crippen LogP contribution in [0.25, 0.3) is 0 Å². The largest absolute Gasteiger partial charge is 0.368 e. The Morgan fingerprint density at radius 1 is 1.44 bits per heavy atom. The van der Waals surface area contributed by atoms with E-state index in [0.717, 1.165) is 22.4 Å². The van der Waals surface area contributed by atoms with Gasteiger partial charge in [-0.1, -0.05) is 6.07 Å². The van der Waals surface area contributed by atoms with Crippen molar-refractivity contribution in [2.24, 2.45) is 5.73 Å². The van der Waals surface area contributed by atoms with Gasteiger partial charge in [0.2, 0.25) is 11.8 Å². The highest BCUT2D eigenvalue weighted by atomic mass is 16.2. The third-order valence-corrected chi connectivity index (χ3v) is 3.18. The van der Waals surface area contributed by atoms with Crippen LogP contribution in [0, 0.1) is 13.8 Å². The summed E-state index contributed by atoms with van der Waals surface area (Å²) in [5.41, 5.74) is 9.04. The maximum atomic E-state index is 11.9. The monoisotopic (exact) mass is 247 g/mol. The summed E-state index contributed by atoms with van der Waals surface area (Å²) in [6, 6.07) is 2.88. The molecule has 0 aromatic heterocycles. The topological polar surface area (TPSA) is 84.2 Å². The first kappa shape index (κ1) is 12.6. The number of anilines is 1. The number of hydrogen-bond donors (Lipinski definition) is 3. The molecule has 0 fully saturated rings. The second kappa shape index (κ2) is 4.42. The molecule has 0 bridgehead atoms. The highest BCUT2D eigenvalue weighted by molar-refractivity contribution is 6.03. The van der Waals surface area contributed by atoms with Crippen molar-refractivity contribution >= 4 is 17.5 Å². The Morgan fingerprint density at radius 2 is 2.11 bits per heavy atom. The molecule has 1 aromatic rings. The van der Waals surface area contributed by atoms with Gasteiger partial charge in [0.05, 0.1) is 6.04 Å². The van der Waals surface area contributed by atoms with E-state index in [1.165, 1.54) is 0 Å². The van der Waals surface area contributed by atoms with E-state index in [1.807, 2.05) is 26.0 Å². The standard InChI is InChI=1S/C13H17N3O2/c1-6-4-7(2)10-9(5-6)16-13(18)11(10)15-8(3)12(14)17/h4-5,8,11,15H,1-3H3,(H2,14,17)(H,16,18). The first-order valence-electron chi connectivity index (χ1n) is 5.87. The van der Waals surface area contributed by atoms with E-state index in [-0.39, 0.29) is 5.91 Å². The fourth-order valence-electron chi connectivity index (χ4n) is 2.29. The minimum Gasteiger partial charge on any atom is -0.368 e. The quantitative estimate of drug-likeness (QED) is 0.737. The number of fused-ring (bicyclic) bond motifs is 1. The lowest BCUT2D eigenvalue weighted by Gasteiger charge is -2.17. The Morgan fingerprint density at radius 3 is 2.72 bits per heavy atom. The number of amides is 2. The van der Waals surface area contributed by atoms with E-state index in [1.54, 1.807) is 6.92 Å². The zero-order valence-electron chi connectivity index (χ0n) is 10.7. The highest BCUT2D eigenvalue weighted by Crippen LogP contribution is 2.34. The Labute approximate surface area is 106 Å². The molecule has 96 valence electrons. The molecule has 5 nitrogen and oxygen atoms in total. The van der Waals surface area contributed by atoms with Crippen LogP contribution in [0.1, 0.15) is 29.7 Å². The molecule has 1 aliphatic rings. The third-order valence-electron chi connectivity index (χ3n) is 3.18. The lowest BCUT2D eigenvalue weighted by molar-refractivity contribution is -0.121. The number of carbonyl (C=O) groups excluding carboxylic acids is 2. The van der Waals surface area contributed by atoms with Crippen molar-refractivity contribution in [3.8, 4) is 0 Å². The zero-order chi connectivity index (χ0) is 13.4. The number of hydrogen-bond acceptors (Lipinski definition) is 3. The molecule has 0 aliphatic carbocycles. The van der Waals surface area contributed by atoms with E-state index < -0.39 is 18.0 Å². The van der Waals surface area contributed by atoms with E-state index in [2.05, 4.69) is 10.6 Å². The average molecular weight is 247 g/mol. The molecule has 5 heteroatoms. The van der Waals surface area contributed by atoms with Gasteiger partial charge in [-0.05, 0) is 38.0 Å². The molecule has 2 amide bonds. The molecule has 0 saturated carbocycles. The van der Waals surface area contributed by atoms with Crippen molar-refractivity contribution in [3.05, 3.63) is 28.8 Å². The molecular formula is C13H17N3O2. The third kappa shape index (κ3) is 2.09. The van der Waals surface area contributed by atoms with Crippen LogP contribution in [-0.4, -0.2) is 17.9 Å². The predicted octanol–water partition coefficient (Wildman–Crippen LogP) is 0.760. The molecule has 0 spiro atoms. The molecule has 1 aromatic carbocycles. The van der Waals surface area contributed by atoms with Crippen molar-refractivity contribution in [1.29, 1.82) is 0 Å². The lowest BCUT2D eigenvalue weighted by atomic mass is 9.99. The minimum atomic E-state index is -0.549. The Balaban J connectivity index is 2.36. The van der Waals surface area contributed by atoms with Crippen LogP contribution in [-0.2, 0) is 9.59 Å². The summed E-state index contributed by atoms with van der Waals surface area (Å²) >= 11 is 0. The molecule has 4 N–H and O–H groups in total. The van der Waals surface area contributed by atoms with Crippen LogP contribution in [0.2, 0.25) is 0 Å². The van der Waals surface area contributed by atoms with Crippen molar-refractivity contribution in [2.75, 3.05) is 5.32 Å². The van der Waals surface area contributed by atoms with Crippen LogP contribution >= 0.6 is 0 Å². The van der Waals surface area contributed by atoms with Gasteiger partial charge in [-0.2, -0.15) is 0 Å². The van der Waals surface area contributed by atoms with Crippen LogP contribution < -0.4 is 16.4 Å². The molecule has 2 rings (SSSR count). The lowest BCUT2D eigenvalue weighted by Crippen LogP contribution is -2.42. The maximum Gasteiger partial charge on any atom is 0.246 e. The summed E-state index contributed by atoms with van der Waals surface area (Å²) in [4.78, 5) is 23.0. The predicted molar refractivity (Wildman–Crippen MR) is 69.1 cm³/mol. The van der Waals surface area contributed by atoms with Crippen LogP contribution in [0.5, 0.6) is 0 Å². The fraction of sp³-hybridized carbons (Fsp3) is 0.385. The van der Waals surface area contributed by atoms with Gasteiger partial charge in [0.15, 0.2) is 0 Å². The Kier molecular flexibility index (Phi) is 3.09. The Hall–Kier alpha value is -1.88. The fourth-order valence-corrected chi connectivity index (χ4v) is 2.29. The number of nitrogens with two attached hydrogens (primary N) is 1. The molecule has 1 aliphatic heterocycles. The molecule has 1 heterocycles. The van der Waals surface area contributed by atoms with Gasteiger partial charge in [-0.15, -0.1) is 0 Å². The number of rotatable bonds is 3. The summed E-state index contributed by atoms with van der Waals surface area (Å²) in [7, 11) is 0. The molecular weight excluding hydrogens is 230 g/mol. The van der Waals surface area contributed by atoms with Gasteiger partial charge in [0, 0.05) is 11.3 Å². The molecule has 2 atom stereocenters. The van der Waals surface area contributed by atoms with Crippen molar-refractivity contribution in [2.45, 2.75) is 32.9 Å². The maximum absolute atomic E-state index is 11.9. The summed E-state index contributed by atoms with van der Waals surface area (Å²) < 4.78 is 0.